The molecule has 1 aromatic rings. The second-order valence-electron chi connectivity index (χ2n) is 6.24. The molecule has 5 heteroatoms. The molecule has 2 N–H and O–H groups in total. The summed E-state index contributed by atoms with van der Waals surface area (Å²) in [7, 11) is -1.70. The molecule has 1 aromatic carbocycles. The molecule has 0 aromatic heterocycles. The highest BCUT2D eigenvalue weighted by molar-refractivity contribution is 7.89. The van der Waals surface area contributed by atoms with Crippen LogP contribution in [0.4, 0.5) is 0 Å². The number of nitrogens with two attached hydrogens (primary N) is 1. The van der Waals surface area contributed by atoms with E-state index in [9.17, 15) is 8.42 Å². The van der Waals surface area contributed by atoms with Gasteiger partial charge in [-0.3, -0.25) is 0 Å². The lowest BCUT2D eigenvalue weighted by molar-refractivity contribution is 0.246. The Morgan fingerprint density at radius 3 is 2.38 bits per heavy atom. The van der Waals surface area contributed by atoms with Crippen LogP contribution >= 0.6 is 0 Å². The molecule has 0 atom stereocenters. The monoisotopic (exact) mass is 310 g/mol. The number of nitrogens with zero attached hydrogens (tertiary/aromatic N) is 1. The Bertz CT molecular complexity index is 590. The topological polar surface area (TPSA) is 63.4 Å². The summed E-state index contributed by atoms with van der Waals surface area (Å²) in [6.45, 7) is 4.50. The summed E-state index contributed by atoms with van der Waals surface area (Å²) in [5, 5.41) is 0. The van der Waals surface area contributed by atoms with E-state index in [0.717, 1.165) is 36.8 Å². The lowest BCUT2D eigenvalue weighted by Gasteiger charge is -2.33. The minimum absolute atomic E-state index is 0.125. The van der Waals surface area contributed by atoms with Crippen LogP contribution in [0.2, 0.25) is 0 Å². The number of rotatable bonds is 4. The molecular weight excluding hydrogens is 284 g/mol. The lowest BCUT2D eigenvalue weighted by atomic mass is 9.87. The first-order chi connectivity index (χ1) is 9.86. The molecule has 118 valence electrons. The summed E-state index contributed by atoms with van der Waals surface area (Å²) in [5.74, 6) is 0.711. The van der Waals surface area contributed by atoms with Crippen LogP contribution in [0.1, 0.15) is 43.7 Å². The molecule has 1 fully saturated rings. The van der Waals surface area contributed by atoms with Crippen molar-refractivity contribution >= 4 is 10.0 Å². The SMILES string of the molecule is Cc1cc(CN)ccc1S(=O)(=O)N(C)C1CCC(C)CC1. The number of sulfonamides is 1. The third-order valence-electron chi connectivity index (χ3n) is 4.63. The predicted molar refractivity (Wildman–Crippen MR) is 85.4 cm³/mol. The summed E-state index contributed by atoms with van der Waals surface area (Å²) in [5.41, 5.74) is 7.34. The number of aryl methyl sites for hydroxylation is 1. The van der Waals surface area contributed by atoms with Gasteiger partial charge in [0.15, 0.2) is 0 Å². The highest BCUT2D eigenvalue weighted by atomic mass is 32.2. The molecule has 21 heavy (non-hydrogen) atoms. The minimum Gasteiger partial charge on any atom is -0.326 e. The zero-order valence-electron chi connectivity index (χ0n) is 13.2. The maximum atomic E-state index is 12.8. The molecule has 0 saturated heterocycles. The van der Waals surface area contributed by atoms with Gasteiger partial charge < -0.3 is 5.73 Å². The summed E-state index contributed by atoms with van der Waals surface area (Å²) in [6.07, 6.45) is 4.12. The van der Waals surface area contributed by atoms with E-state index < -0.39 is 10.0 Å². The third-order valence-corrected chi connectivity index (χ3v) is 6.70. The Morgan fingerprint density at radius 1 is 1.24 bits per heavy atom. The molecule has 2 rings (SSSR count). The van der Waals surface area contributed by atoms with Crippen LogP contribution in [0.25, 0.3) is 0 Å². The van der Waals surface area contributed by atoms with Crippen LogP contribution in [-0.2, 0) is 16.6 Å². The van der Waals surface area contributed by atoms with E-state index in [1.807, 2.05) is 13.0 Å². The van der Waals surface area contributed by atoms with Crippen molar-refractivity contribution in [2.24, 2.45) is 11.7 Å². The predicted octanol–water partition coefficient (Wildman–Crippen LogP) is 2.65. The molecule has 0 bridgehead atoms. The highest BCUT2D eigenvalue weighted by Crippen LogP contribution is 2.30. The van der Waals surface area contributed by atoms with Gasteiger partial charge in [-0.15, -0.1) is 0 Å². The third kappa shape index (κ3) is 3.47. The molecule has 0 heterocycles. The number of benzene rings is 1. The molecular formula is C16H26N2O2S. The van der Waals surface area contributed by atoms with Crippen molar-refractivity contribution in [3.63, 3.8) is 0 Å². The summed E-state index contributed by atoms with van der Waals surface area (Å²) in [6, 6.07) is 5.48. The van der Waals surface area contributed by atoms with Crippen molar-refractivity contribution < 1.29 is 8.42 Å². The van der Waals surface area contributed by atoms with E-state index in [1.165, 1.54) is 0 Å². The van der Waals surface area contributed by atoms with Gasteiger partial charge in [-0.2, -0.15) is 4.31 Å². The molecule has 0 amide bonds. The van der Waals surface area contributed by atoms with Gasteiger partial charge in [0.25, 0.3) is 0 Å². The summed E-state index contributed by atoms with van der Waals surface area (Å²) < 4.78 is 27.2. The number of hydrogen-bond acceptors (Lipinski definition) is 3. The first-order valence-corrected chi connectivity index (χ1v) is 9.08. The molecule has 0 unspecified atom stereocenters. The number of hydrogen-bond donors (Lipinski definition) is 1. The Balaban J connectivity index is 2.25. The average molecular weight is 310 g/mol. The van der Waals surface area contributed by atoms with Gasteiger partial charge in [0.2, 0.25) is 10.0 Å². The first kappa shape index (κ1) is 16.5. The fourth-order valence-corrected chi connectivity index (χ4v) is 4.70. The maximum Gasteiger partial charge on any atom is 0.243 e. The van der Waals surface area contributed by atoms with Crippen LogP contribution < -0.4 is 5.73 Å². The first-order valence-electron chi connectivity index (χ1n) is 7.64. The highest BCUT2D eigenvalue weighted by Gasteiger charge is 2.31. The van der Waals surface area contributed by atoms with Crippen molar-refractivity contribution in [3.8, 4) is 0 Å². The van der Waals surface area contributed by atoms with Gasteiger partial charge >= 0.3 is 0 Å². The van der Waals surface area contributed by atoms with Crippen molar-refractivity contribution in [2.75, 3.05) is 7.05 Å². The molecule has 1 saturated carbocycles. The van der Waals surface area contributed by atoms with Crippen LogP contribution in [-0.4, -0.2) is 25.8 Å². The van der Waals surface area contributed by atoms with Crippen molar-refractivity contribution in [1.82, 2.24) is 4.31 Å². The van der Waals surface area contributed by atoms with Crippen LogP contribution in [0.5, 0.6) is 0 Å². The summed E-state index contributed by atoms with van der Waals surface area (Å²) in [4.78, 5) is 0.404. The van der Waals surface area contributed by atoms with Gasteiger partial charge in [0.05, 0.1) is 4.90 Å². The largest absolute Gasteiger partial charge is 0.326 e. The Morgan fingerprint density at radius 2 is 1.86 bits per heavy atom. The van der Waals surface area contributed by atoms with Crippen LogP contribution in [0.15, 0.2) is 23.1 Å². The summed E-state index contributed by atoms with van der Waals surface area (Å²) >= 11 is 0. The van der Waals surface area contributed by atoms with E-state index in [2.05, 4.69) is 6.92 Å². The molecule has 0 radical (unpaired) electrons. The fraction of sp³-hybridized carbons (Fsp3) is 0.625. The average Bonchev–Trinajstić information content (AvgIpc) is 2.46. The van der Waals surface area contributed by atoms with Gasteiger partial charge in [-0.25, -0.2) is 8.42 Å². The zero-order chi connectivity index (χ0) is 15.6. The van der Waals surface area contributed by atoms with Crippen LogP contribution in [0.3, 0.4) is 0 Å². The lowest BCUT2D eigenvalue weighted by Crippen LogP contribution is -2.39. The van der Waals surface area contributed by atoms with Crippen molar-refractivity contribution in [2.45, 2.75) is 57.0 Å². The fourth-order valence-electron chi connectivity index (χ4n) is 3.09. The minimum atomic E-state index is -3.42. The smallest absolute Gasteiger partial charge is 0.243 e. The van der Waals surface area contributed by atoms with Gasteiger partial charge in [-0.05, 0) is 55.7 Å². The molecule has 0 aliphatic heterocycles. The van der Waals surface area contributed by atoms with E-state index in [4.69, 9.17) is 5.73 Å². The molecule has 4 nitrogen and oxygen atoms in total. The van der Waals surface area contributed by atoms with Gasteiger partial charge in [0.1, 0.15) is 0 Å². The maximum absolute atomic E-state index is 12.8. The van der Waals surface area contributed by atoms with Gasteiger partial charge in [-0.1, -0.05) is 19.1 Å². The van der Waals surface area contributed by atoms with Crippen molar-refractivity contribution in [1.29, 1.82) is 0 Å². The van der Waals surface area contributed by atoms with Crippen molar-refractivity contribution in [3.05, 3.63) is 29.3 Å². The Labute approximate surface area is 128 Å². The molecule has 0 spiro atoms. The Kier molecular flexibility index (Phi) is 5.07. The standard InChI is InChI=1S/C16H26N2O2S/c1-12-4-7-15(8-5-12)18(3)21(19,20)16-9-6-14(11-17)10-13(16)2/h6,9-10,12,15H,4-5,7-8,11,17H2,1-3H3. The zero-order valence-corrected chi connectivity index (χ0v) is 14.0. The van der Waals surface area contributed by atoms with Crippen LogP contribution in [0, 0.1) is 12.8 Å². The second kappa shape index (κ2) is 6.46. The van der Waals surface area contributed by atoms with Gasteiger partial charge in [0, 0.05) is 19.6 Å². The van der Waals surface area contributed by atoms with E-state index in [-0.39, 0.29) is 6.04 Å². The van der Waals surface area contributed by atoms with E-state index in [0.29, 0.717) is 17.4 Å². The van der Waals surface area contributed by atoms with E-state index in [1.54, 1.807) is 23.5 Å². The Hall–Kier alpha value is -0.910. The molecule has 1 aliphatic rings. The second-order valence-corrected chi connectivity index (χ2v) is 8.20. The van der Waals surface area contributed by atoms with E-state index >= 15 is 0 Å². The molecule has 1 aliphatic carbocycles. The quantitative estimate of drug-likeness (QED) is 0.930. The normalized spacial score (nSPS) is 23.5.